The van der Waals surface area contributed by atoms with Gasteiger partial charge in [0.2, 0.25) is 34.7 Å². The topological polar surface area (TPSA) is 357 Å². The first kappa shape index (κ1) is 128. The summed E-state index contributed by atoms with van der Waals surface area (Å²) in [6.45, 7) is 79.3. The van der Waals surface area contributed by atoms with Gasteiger partial charge in [0.15, 0.2) is 14.8 Å². The molecule has 136 heavy (non-hydrogen) atoms. The van der Waals surface area contributed by atoms with Gasteiger partial charge >= 0.3 is 53.7 Å². The molecule has 0 aliphatic carbocycles. The molecular weight excluding hydrogens is 1860 g/mol. The highest BCUT2D eigenvalue weighted by Crippen LogP contribution is 2.40. The first-order chi connectivity index (χ1) is 63.7. The van der Waals surface area contributed by atoms with Crippen molar-refractivity contribution in [2.24, 2.45) is 0 Å². The second-order valence-electron chi connectivity index (χ2n) is 34.5. The van der Waals surface area contributed by atoms with Crippen LogP contribution in [0.25, 0.3) is 0 Å². The molecule has 0 aromatic rings. The Hall–Kier alpha value is -5.88. The van der Waals surface area contributed by atoms with Gasteiger partial charge in [0, 0.05) is 140 Å². The van der Waals surface area contributed by atoms with E-state index in [0.717, 1.165) is 157 Å². The quantitative estimate of drug-likeness (QED) is 0.0699. The van der Waals surface area contributed by atoms with Crippen LogP contribution in [0.1, 0.15) is 249 Å². The van der Waals surface area contributed by atoms with Crippen molar-refractivity contribution in [3.63, 3.8) is 0 Å². The highest BCUT2D eigenvalue weighted by atomic mass is 32.2. The average Bonchev–Trinajstić information content (AvgIpc) is 1.80. The maximum atomic E-state index is 11.6. The minimum Gasteiger partial charge on any atom is -0.442 e. The minimum absolute atomic E-state index is 0.0844. The van der Waals surface area contributed by atoms with E-state index in [4.69, 9.17) is 104 Å². The van der Waals surface area contributed by atoms with Gasteiger partial charge in [0.05, 0.1) is 50.1 Å². The van der Waals surface area contributed by atoms with Gasteiger partial charge in [0.25, 0.3) is 0 Å². The van der Waals surface area contributed by atoms with E-state index in [-0.39, 0.29) is 71.1 Å². The summed E-state index contributed by atoms with van der Waals surface area (Å²) >= 11 is 8.46. The lowest BCUT2D eigenvalue weighted by atomic mass is 10.1. The van der Waals surface area contributed by atoms with E-state index >= 15 is 0 Å². The van der Waals surface area contributed by atoms with Crippen LogP contribution in [-0.4, -0.2) is 271 Å². The summed E-state index contributed by atoms with van der Waals surface area (Å²) in [4.78, 5) is 100. The number of hydrogen-bond donors (Lipinski definition) is 0. The van der Waals surface area contributed by atoms with Gasteiger partial charge in [-0.2, -0.15) is 23.5 Å². The van der Waals surface area contributed by atoms with E-state index in [1.807, 2.05) is 96.9 Å². The van der Waals surface area contributed by atoms with Crippen molar-refractivity contribution >= 4 is 113 Å². The molecule has 0 N–H and O–H groups in total. The first-order valence-electron chi connectivity index (χ1n) is 46.9. The number of hydrogen-bond acceptors (Lipinski definition) is 36. The molecule has 0 aromatic heterocycles. The van der Waals surface area contributed by atoms with Gasteiger partial charge in [0.1, 0.15) is 42.7 Å². The first-order valence-corrected chi connectivity index (χ1v) is 51.9. The van der Waals surface area contributed by atoms with Gasteiger partial charge in [-0.15, -0.1) is 35.3 Å². The van der Waals surface area contributed by atoms with Gasteiger partial charge in [-0.25, -0.2) is 43.2 Å². The second-order valence-corrected chi connectivity index (χ2v) is 41.9. The maximum Gasteiger partial charge on any atom is 0.335 e. The van der Waals surface area contributed by atoms with Crippen LogP contribution >= 0.6 is 58.8 Å². The summed E-state index contributed by atoms with van der Waals surface area (Å²) in [6, 6.07) is 0. The second kappa shape index (κ2) is 66.1. The Morgan fingerprint density at radius 3 is 0.735 bits per heavy atom. The fourth-order valence-corrected chi connectivity index (χ4v) is 17.7. The van der Waals surface area contributed by atoms with Gasteiger partial charge in [-0.05, 0) is 236 Å². The lowest BCUT2D eigenvalue weighted by Gasteiger charge is -2.36. The zero-order valence-electron chi connectivity index (χ0n) is 85.5. The Labute approximate surface area is 832 Å². The highest BCUT2D eigenvalue weighted by Gasteiger charge is 2.46. The van der Waals surface area contributed by atoms with Crippen LogP contribution in [0.3, 0.4) is 0 Å². The molecule has 18 unspecified atom stereocenters. The van der Waals surface area contributed by atoms with E-state index in [0.29, 0.717) is 88.4 Å². The molecule has 0 bridgehead atoms. The molecule has 0 saturated carbocycles. The number of rotatable bonds is 18. The molecule has 36 heteroatoms. The van der Waals surface area contributed by atoms with Gasteiger partial charge in [-0.3, -0.25) is 0 Å². The summed E-state index contributed by atoms with van der Waals surface area (Å²) in [6.07, 6.45) is 19.5. The average molecular weight is 2020 g/mol. The summed E-state index contributed by atoms with van der Waals surface area (Å²) in [5, 5.41) is 0.276. The molecule has 9 aliphatic heterocycles. The fraction of sp³-hybridized carbons (Fsp3) is 0.730. The standard InChI is InChI=1S/C12H20O4.2C12H20O3S.2C11H18O4.2C11H18O3S.C10H16O4.C10H16O3S/c1-9(2)11(13)16-12(4)10(3)14-7-5-6-8-15-12;1-9(2)11(13)15-12(4)10(3)16-8-6-5-7-14-12;1-9(2)11(13)15-12(4)10(3)14-7-5-6-8-16-12;1-8(2)10(12)15-11(4)9(3)13-6-5-7-14-11;1-4-10(12)15-11(3)9(2)13-7-5-6-8-14-11;1-4-10(12)14-11(3)9(2)15-8-6-5-7-13-11;1-4-10(12)14-11(3)9(2)13-7-5-6-8-15-11;1-4-9(11)14-10(3)8(2)12-6-5-7-13-10;1-4-9(11)13-10(3)8(2)12-6-5-7-14-10/h3*10H,1,5-8H2,2-4H3;9H,1,5-7H2,2-4H3;3*4,9H,1,5-8H2,2-3H3;2*4,8H,1,5-7H2,2-3H3. The summed E-state index contributed by atoms with van der Waals surface area (Å²) in [5.74, 6) is -4.38. The molecule has 780 valence electrons. The van der Waals surface area contributed by atoms with Crippen molar-refractivity contribution in [2.45, 2.75) is 351 Å². The number of carbonyl (C=O) groups is 9. The van der Waals surface area contributed by atoms with Crippen LogP contribution in [0.15, 0.2) is 112 Å². The summed E-state index contributed by atoms with van der Waals surface area (Å²) in [7, 11) is 0. The third-order valence-electron chi connectivity index (χ3n) is 22.5. The molecule has 0 spiro atoms. The molecule has 18 atom stereocenters. The van der Waals surface area contributed by atoms with Crippen LogP contribution in [0.5, 0.6) is 0 Å². The van der Waals surface area contributed by atoms with Crippen LogP contribution in [0, 0.1) is 0 Å². The van der Waals surface area contributed by atoms with Crippen LogP contribution < -0.4 is 0 Å². The molecule has 9 heterocycles. The molecule has 31 nitrogen and oxygen atoms in total. The van der Waals surface area contributed by atoms with Crippen LogP contribution in [0.2, 0.25) is 0 Å². The van der Waals surface area contributed by atoms with Crippen molar-refractivity contribution < 1.29 is 147 Å². The van der Waals surface area contributed by atoms with E-state index in [1.165, 1.54) is 18.2 Å². The third-order valence-corrected chi connectivity index (χ3v) is 29.8. The SMILES string of the molecule is C=C(C)C(=O)OC1(C)OCCCCOC1C.C=C(C)C(=O)OC1(C)OCCCCSC1C.C=C(C)C(=O)OC1(C)OCCCOC1C.C=C(C)C(=O)OC1(C)SCCCCOC1C.C=CC(=O)OC1(C)OCCCCOC1C.C=CC(=O)OC1(C)OCCCCSC1C.C=CC(=O)OC1(C)OCCCOC1C.C=CC(=O)OC1(C)SCCCCOC1C.C=CC(=O)OC1(C)SCCCOC1C. The molecule has 9 rings (SSSR count). The molecule has 9 fully saturated rings. The Kier molecular flexibility index (Phi) is 62.2. The monoisotopic (exact) mass is 2020 g/mol. The number of esters is 9. The Balaban J connectivity index is 0.000000765. The molecule has 0 aromatic carbocycles. The summed E-state index contributed by atoms with van der Waals surface area (Å²) in [5.41, 5.74) is 1.55. The van der Waals surface area contributed by atoms with E-state index < -0.39 is 85.3 Å². The number of ether oxygens (including phenoxy) is 22. The molecule has 9 aliphatic rings. The van der Waals surface area contributed by atoms with Crippen molar-refractivity contribution in [2.75, 3.05) is 115 Å². The Bertz CT molecular complexity index is 3460. The zero-order chi connectivity index (χ0) is 103. The maximum absolute atomic E-state index is 11.6. The van der Waals surface area contributed by atoms with Gasteiger partial charge in [-0.1, -0.05) is 59.2 Å². The normalized spacial score (nSPS) is 32.1. The molecular formula is C100H164O31S5. The van der Waals surface area contributed by atoms with E-state index in [2.05, 4.69) is 59.2 Å². The van der Waals surface area contributed by atoms with Crippen molar-refractivity contribution in [1.82, 2.24) is 0 Å². The Morgan fingerprint density at radius 1 is 0.243 bits per heavy atom. The predicted octanol–water partition coefficient (Wildman–Crippen LogP) is 18.8. The highest BCUT2D eigenvalue weighted by molar-refractivity contribution is 8.01. The third kappa shape index (κ3) is 48.7. The van der Waals surface area contributed by atoms with Crippen LogP contribution in [0.4, 0.5) is 0 Å². The predicted molar refractivity (Wildman–Crippen MR) is 535 cm³/mol. The smallest absolute Gasteiger partial charge is 0.335 e. The zero-order valence-corrected chi connectivity index (χ0v) is 89.6. The van der Waals surface area contributed by atoms with E-state index in [9.17, 15) is 43.2 Å². The largest absolute Gasteiger partial charge is 0.442 e. The van der Waals surface area contributed by atoms with Crippen LogP contribution in [-0.2, 0) is 147 Å². The Morgan fingerprint density at radius 2 is 0.434 bits per heavy atom. The number of carbonyl (C=O) groups excluding carboxylic acids is 9. The molecule has 9 saturated heterocycles. The van der Waals surface area contributed by atoms with Crippen molar-refractivity contribution in [3.05, 3.63) is 112 Å². The number of thioether (sulfide) groups is 5. The molecule has 0 radical (unpaired) electrons. The van der Waals surface area contributed by atoms with E-state index in [1.54, 1.807) is 114 Å². The lowest BCUT2D eigenvalue weighted by molar-refractivity contribution is -0.270. The fourth-order valence-electron chi connectivity index (χ4n) is 11.9. The summed E-state index contributed by atoms with van der Waals surface area (Å²) < 4.78 is 120. The van der Waals surface area contributed by atoms with Gasteiger partial charge < -0.3 is 104 Å². The van der Waals surface area contributed by atoms with Crippen molar-refractivity contribution in [3.8, 4) is 0 Å². The minimum atomic E-state index is -1.02. The lowest BCUT2D eigenvalue weighted by Crippen LogP contribution is -2.47. The van der Waals surface area contributed by atoms with Crippen molar-refractivity contribution in [1.29, 1.82) is 0 Å². The molecule has 0 amide bonds.